The summed E-state index contributed by atoms with van der Waals surface area (Å²) in [5.41, 5.74) is 6.74. The largest absolute Gasteiger partial charge is 0.490 e. The SMILES string of the molecule is CCCC(C)COc1c(N)cccc1C(=O)OCC. The van der Waals surface area contributed by atoms with Gasteiger partial charge < -0.3 is 15.2 Å². The Kier molecular flexibility index (Phi) is 6.19. The van der Waals surface area contributed by atoms with Gasteiger partial charge in [0.05, 0.1) is 18.9 Å². The van der Waals surface area contributed by atoms with Gasteiger partial charge in [0, 0.05) is 0 Å². The molecular formula is C15H23NO3. The molecular weight excluding hydrogens is 242 g/mol. The molecule has 0 heterocycles. The number of anilines is 1. The highest BCUT2D eigenvalue weighted by molar-refractivity contribution is 5.94. The van der Waals surface area contributed by atoms with Gasteiger partial charge in [0.15, 0.2) is 5.75 Å². The Morgan fingerprint density at radius 2 is 2.11 bits per heavy atom. The standard InChI is InChI=1S/C15H23NO3/c1-4-7-11(3)10-19-14-12(15(17)18-5-2)8-6-9-13(14)16/h6,8-9,11H,4-5,7,10,16H2,1-3H3. The number of rotatable bonds is 7. The van der Waals surface area contributed by atoms with Crippen molar-refractivity contribution in [2.45, 2.75) is 33.6 Å². The lowest BCUT2D eigenvalue weighted by atomic mass is 10.1. The maximum atomic E-state index is 11.8. The van der Waals surface area contributed by atoms with Gasteiger partial charge in [0.2, 0.25) is 0 Å². The van der Waals surface area contributed by atoms with Crippen molar-refractivity contribution < 1.29 is 14.3 Å². The fourth-order valence-corrected chi connectivity index (χ4v) is 1.89. The third-order valence-corrected chi connectivity index (χ3v) is 2.83. The minimum atomic E-state index is -0.395. The average molecular weight is 265 g/mol. The van der Waals surface area contributed by atoms with Crippen molar-refractivity contribution in [1.82, 2.24) is 0 Å². The second-order valence-electron chi connectivity index (χ2n) is 4.65. The van der Waals surface area contributed by atoms with Crippen LogP contribution >= 0.6 is 0 Å². The van der Waals surface area contributed by atoms with Crippen LogP contribution < -0.4 is 10.5 Å². The number of benzene rings is 1. The molecule has 2 N–H and O–H groups in total. The van der Waals surface area contributed by atoms with Crippen LogP contribution in [-0.4, -0.2) is 19.2 Å². The molecule has 0 saturated carbocycles. The number of hydrogen-bond acceptors (Lipinski definition) is 4. The van der Waals surface area contributed by atoms with Crippen LogP contribution in [0.3, 0.4) is 0 Å². The fourth-order valence-electron chi connectivity index (χ4n) is 1.89. The van der Waals surface area contributed by atoms with Gasteiger partial charge in [-0.2, -0.15) is 0 Å². The smallest absolute Gasteiger partial charge is 0.341 e. The fraction of sp³-hybridized carbons (Fsp3) is 0.533. The van der Waals surface area contributed by atoms with Crippen LogP contribution in [0.1, 0.15) is 44.0 Å². The maximum Gasteiger partial charge on any atom is 0.341 e. The average Bonchev–Trinajstić information content (AvgIpc) is 2.37. The third kappa shape index (κ3) is 4.47. The van der Waals surface area contributed by atoms with E-state index in [-0.39, 0.29) is 0 Å². The minimum absolute atomic E-state index is 0.333. The zero-order chi connectivity index (χ0) is 14.3. The number of carbonyl (C=O) groups excluding carboxylic acids is 1. The summed E-state index contributed by atoms with van der Waals surface area (Å²) in [6, 6.07) is 5.13. The van der Waals surface area contributed by atoms with E-state index in [0.29, 0.717) is 36.1 Å². The quantitative estimate of drug-likeness (QED) is 0.607. The molecule has 4 heteroatoms. The molecule has 0 aliphatic rings. The molecule has 1 aromatic rings. The molecule has 0 amide bonds. The Morgan fingerprint density at radius 3 is 2.74 bits per heavy atom. The number of para-hydroxylation sites is 1. The summed E-state index contributed by atoms with van der Waals surface area (Å²) in [6.45, 7) is 6.91. The molecule has 0 spiro atoms. The second kappa shape index (κ2) is 7.67. The lowest BCUT2D eigenvalue weighted by Crippen LogP contribution is -2.13. The van der Waals surface area contributed by atoms with Crippen LogP contribution in [0.15, 0.2) is 18.2 Å². The van der Waals surface area contributed by atoms with Crippen LogP contribution in [0.25, 0.3) is 0 Å². The Hall–Kier alpha value is -1.71. The molecule has 1 aromatic carbocycles. The molecule has 4 nitrogen and oxygen atoms in total. The van der Waals surface area contributed by atoms with Crippen molar-refractivity contribution in [3.05, 3.63) is 23.8 Å². The van der Waals surface area contributed by atoms with Crippen LogP contribution in [-0.2, 0) is 4.74 Å². The molecule has 1 unspecified atom stereocenters. The van der Waals surface area contributed by atoms with Gasteiger partial charge in [-0.25, -0.2) is 4.79 Å². The molecule has 0 aliphatic heterocycles. The first kappa shape index (κ1) is 15.3. The van der Waals surface area contributed by atoms with E-state index in [1.807, 2.05) is 0 Å². The summed E-state index contributed by atoms with van der Waals surface area (Å²) >= 11 is 0. The Labute approximate surface area is 114 Å². The van der Waals surface area contributed by atoms with Gasteiger partial charge in [0.1, 0.15) is 5.56 Å². The molecule has 0 aromatic heterocycles. The van der Waals surface area contributed by atoms with Crippen LogP contribution in [0.2, 0.25) is 0 Å². The summed E-state index contributed by atoms with van der Waals surface area (Å²) in [7, 11) is 0. The van der Waals surface area contributed by atoms with Gasteiger partial charge in [-0.1, -0.05) is 26.3 Å². The summed E-state index contributed by atoms with van der Waals surface area (Å²) in [5, 5.41) is 0. The highest BCUT2D eigenvalue weighted by Gasteiger charge is 2.16. The first-order valence-electron chi connectivity index (χ1n) is 6.78. The normalized spacial score (nSPS) is 11.9. The first-order chi connectivity index (χ1) is 9.10. The lowest BCUT2D eigenvalue weighted by molar-refractivity contribution is 0.0521. The number of nitrogen functional groups attached to an aromatic ring is 1. The van der Waals surface area contributed by atoms with Crippen LogP contribution in [0.4, 0.5) is 5.69 Å². The minimum Gasteiger partial charge on any atom is -0.490 e. The zero-order valence-electron chi connectivity index (χ0n) is 11.9. The van der Waals surface area contributed by atoms with E-state index < -0.39 is 5.97 Å². The Balaban J connectivity index is 2.83. The van der Waals surface area contributed by atoms with E-state index in [9.17, 15) is 4.79 Å². The lowest BCUT2D eigenvalue weighted by Gasteiger charge is -2.16. The van der Waals surface area contributed by atoms with Crippen molar-refractivity contribution in [1.29, 1.82) is 0 Å². The van der Waals surface area contributed by atoms with Gasteiger partial charge >= 0.3 is 5.97 Å². The van der Waals surface area contributed by atoms with Crippen LogP contribution in [0, 0.1) is 5.92 Å². The summed E-state index contributed by atoms with van der Waals surface area (Å²) in [4.78, 5) is 11.8. The number of esters is 1. The van der Waals surface area contributed by atoms with Gasteiger partial charge in [0.25, 0.3) is 0 Å². The Morgan fingerprint density at radius 1 is 1.37 bits per heavy atom. The van der Waals surface area contributed by atoms with Gasteiger partial charge in [-0.3, -0.25) is 0 Å². The molecule has 0 saturated heterocycles. The number of hydrogen-bond donors (Lipinski definition) is 1. The molecule has 106 valence electrons. The van der Waals surface area contributed by atoms with E-state index in [0.717, 1.165) is 12.8 Å². The third-order valence-electron chi connectivity index (χ3n) is 2.83. The van der Waals surface area contributed by atoms with Crippen molar-refractivity contribution in [2.75, 3.05) is 18.9 Å². The van der Waals surface area contributed by atoms with Crippen LogP contribution in [0.5, 0.6) is 5.75 Å². The topological polar surface area (TPSA) is 61.5 Å². The monoisotopic (exact) mass is 265 g/mol. The van der Waals surface area contributed by atoms with E-state index in [4.69, 9.17) is 15.2 Å². The summed E-state index contributed by atoms with van der Waals surface area (Å²) in [5.74, 6) is 0.469. The molecule has 0 bridgehead atoms. The highest BCUT2D eigenvalue weighted by Crippen LogP contribution is 2.27. The number of nitrogens with two attached hydrogens (primary N) is 1. The maximum absolute atomic E-state index is 11.8. The number of carbonyl (C=O) groups is 1. The predicted molar refractivity (Wildman–Crippen MR) is 76.4 cm³/mol. The first-order valence-corrected chi connectivity index (χ1v) is 6.78. The van der Waals surface area contributed by atoms with Crippen molar-refractivity contribution in [2.24, 2.45) is 5.92 Å². The molecule has 0 fully saturated rings. The molecule has 1 rings (SSSR count). The Bertz CT molecular complexity index is 418. The zero-order valence-corrected chi connectivity index (χ0v) is 11.9. The molecule has 19 heavy (non-hydrogen) atoms. The van der Waals surface area contributed by atoms with E-state index in [2.05, 4.69) is 13.8 Å². The molecule has 0 aliphatic carbocycles. The van der Waals surface area contributed by atoms with Gasteiger partial charge in [-0.15, -0.1) is 0 Å². The van der Waals surface area contributed by atoms with Crippen molar-refractivity contribution >= 4 is 11.7 Å². The highest BCUT2D eigenvalue weighted by atomic mass is 16.5. The van der Waals surface area contributed by atoms with E-state index >= 15 is 0 Å². The van der Waals surface area contributed by atoms with Gasteiger partial charge in [-0.05, 0) is 31.4 Å². The summed E-state index contributed by atoms with van der Waals surface area (Å²) < 4.78 is 10.7. The van der Waals surface area contributed by atoms with Crippen molar-refractivity contribution in [3.8, 4) is 5.75 Å². The molecule has 1 atom stereocenters. The number of ether oxygens (including phenoxy) is 2. The van der Waals surface area contributed by atoms with E-state index in [1.54, 1.807) is 25.1 Å². The summed E-state index contributed by atoms with van der Waals surface area (Å²) in [6.07, 6.45) is 2.20. The molecule has 0 radical (unpaired) electrons. The van der Waals surface area contributed by atoms with Crippen molar-refractivity contribution in [3.63, 3.8) is 0 Å². The second-order valence-corrected chi connectivity index (χ2v) is 4.65. The predicted octanol–water partition coefficient (Wildman–Crippen LogP) is 3.26. The van der Waals surface area contributed by atoms with E-state index in [1.165, 1.54) is 0 Å².